The van der Waals surface area contributed by atoms with Gasteiger partial charge < -0.3 is 9.64 Å². The fraction of sp³-hybridized carbons (Fsp3) is 0.241. The molecule has 1 atom stereocenters. The Kier molecular flexibility index (Phi) is 6.79. The predicted molar refractivity (Wildman–Crippen MR) is 143 cm³/mol. The highest BCUT2D eigenvalue weighted by Crippen LogP contribution is 2.32. The van der Waals surface area contributed by atoms with Crippen LogP contribution in [0.25, 0.3) is 5.57 Å². The largest absolute Gasteiger partial charge is 0.457 e. The van der Waals surface area contributed by atoms with Crippen molar-refractivity contribution in [2.75, 3.05) is 6.26 Å². The zero-order valence-electron chi connectivity index (χ0n) is 21.4. The third-order valence-electron chi connectivity index (χ3n) is 6.44. The van der Waals surface area contributed by atoms with E-state index >= 15 is 0 Å². The minimum absolute atomic E-state index is 0.0656. The molecule has 196 valence electrons. The van der Waals surface area contributed by atoms with Gasteiger partial charge in [-0.1, -0.05) is 25.1 Å². The number of sulfonamides is 1. The molecule has 5 rings (SSSR count). The van der Waals surface area contributed by atoms with Gasteiger partial charge in [0.25, 0.3) is 5.91 Å². The molecule has 3 aromatic rings. The second-order valence-corrected chi connectivity index (χ2v) is 11.6. The van der Waals surface area contributed by atoms with Gasteiger partial charge in [0.15, 0.2) is 0 Å². The van der Waals surface area contributed by atoms with E-state index in [0.717, 1.165) is 28.6 Å². The Morgan fingerprint density at radius 2 is 1.76 bits per heavy atom. The first-order valence-electron chi connectivity index (χ1n) is 12.3. The highest BCUT2D eigenvalue weighted by Gasteiger charge is 2.31. The van der Waals surface area contributed by atoms with Gasteiger partial charge in [0.1, 0.15) is 17.3 Å². The van der Waals surface area contributed by atoms with E-state index in [2.05, 4.69) is 10.8 Å². The number of hydrogen-bond acceptors (Lipinski definition) is 5. The maximum absolute atomic E-state index is 13.2. The lowest BCUT2D eigenvalue weighted by Crippen LogP contribution is -2.24. The van der Waals surface area contributed by atoms with Crippen molar-refractivity contribution in [1.29, 1.82) is 0 Å². The lowest BCUT2D eigenvalue weighted by atomic mass is 9.93. The normalized spacial score (nSPS) is 17.1. The second kappa shape index (κ2) is 10.1. The van der Waals surface area contributed by atoms with Crippen LogP contribution in [0.4, 0.5) is 4.39 Å². The maximum atomic E-state index is 13.2. The van der Waals surface area contributed by atoms with Crippen LogP contribution >= 0.6 is 0 Å². The van der Waals surface area contributed by atoms with Crippen molar-refractivity contribution in [2.24, 2.45) is 5.92 Å². The topological polar surface area (TPSA) is 88.6 Å². The number of halogens is 1. The van der Waals surface area contributed by atoms with E-state index in [0.29, 0.717) is 48.0 Å². The lowest BCUT2D eigenvalue weighted by Gasteiger charge is -2.19. The summed E-state index contributed by atoms with van der Waals surface area (Å²) in [4.78, 5) is 19.7. The first-order valence-corrected chi connectivity index (χ1v) is 14.2. The Hall–Kier alpha value is -3.98. The van der Waals surface area contributed by atoms with Gasteiger partial charge in [-0.05, 0) is 84.5 Å². The van der Waals surface area contributed by atoms with E-state index in [-0.39, 0.29) is 17.6 Å². The molecule has 0 spiro atoms. The number of allylic oxidation sites excluding steroid dienone is 4. The van der Waals surface area contributed by atoms with E-state index in [1.54, 1.807) is 17.0 Å². The minimum atomic E-state index is -3.37. The van der Waals surface area contributed by atoms with Crippen LogP contribution in [0.1, 0.15) is 46.2 Å². The SMILES string of the molecule is Cc1nc(C2=CC(C)CC(NS(C)(=O)=O)=C2)cc2c1C(=O)N(Cc1ccc(Oc3ccc(F)cc3)cc1)C2. The van der Waals surface area contributed by atoms with Gasteiger partial charge in [0.2, 0.25) is 10.0 Å². The van der Waals surface area contributed by atoms with Gasteiger partial charge >= 0.3 is 0 Å². The highest BCUT2D eigenvalue weighted by atomic mass is 32.2. The molecule has 0 saturated heterocycles. The number of rotatable bonds is 7. The van der Waals surface area contributed by atoms with Crippen LogP contribution in [0.15, 0.2) is 72.4 Å². The number of hydrogen-bond donors (Lipinski definition) is 1. The molecule has 0 saturated carbocycles. The number of carbonyl (C=O) groups is 1. The Bertz CT molecular complexity index is 1560. The van der Waals surface area contributed by atoms with E-state index in [4.69, 9.17) is 9.72 Å². The Labute approximate surface area is 221 Å². The van der Waals surface area contributed by atoms with Crippen molar-refractivity contribution in [1.82, 2.24) is 14.6 Å². The fourth-order valence-corrected chi connectivity index (χ4v) is 5.48. The van der Waals surface area contributed by atoms with Crippen LogP contribution in [0.5, 0.6) is 11.5 Å². The van der Waals surface area contributed by atoms with Gasteiger partial charge in [0.05, 0.1) is 23.2 Å². The van der Waals surface area contributed by atoms with Crippen LogP contribution in [-0.2, 0) is 23.1 Å². The molecule has 0 bridgehead atoms. The highest BCUT2D eigenvalue weighted by molar-refractivity contribution is 7.88. The van der Waals surface area contributed by atoms with E-state index in [1.807, 2.05) is 50.3 Å². The zero-order chi connectivity index (χ0) is 27.0. The lowest BCUT2D eigenvalue weighted by molar-refractivity contribution is 0.0766. The molecular formula is C29H28FN3O4S. The molecule has 7 nitrogen and oxygen atoms in total. The first kappa shape index (κ1) is 25.7. The fourth-order valence-electron chi connectivity index (χ4n) is 4.86. The summed E-state index contributed by atoms with van der Waals surface area (Å²) in [7, 11) is -3.37. The number of fused-ring (bicyclic) bond motifs is 1. The number of aromatic nitrogens is 1. The molecule has 38 heavy (non-hydrogen) atoms. The van der Waals surface area contributed by atoms with Crippen molar-refractivity contribution in [3.8, 4) is 11.5 Å². The summed E-state index contributed by atoms with van der Waals surface area (Å²) in [6.07, 6.45) is 5.63. The Morgan fingerprint density at radius 3 is 2.42 bits per heavy atom. The van der Waals surface area contributed by atoms with Crippen LogP contribution in [0, 0.1) is 18.7 Å². The summed E-state index contributed by atoms with van der Waals surface area (Å²) in [6, 6.07) is 15.2. The first-order chi connectivity index (χ1) is 18.0. The third kappa shape index (κ3) is 5.78. The molecule has 1 aliphatic carbocycles. The number of aryl methyl sites for hydroxylation is 1. The Morgan fingerprint density at radius 1 is 1.11 bits per heavy atom. The van der Waals surface area contributed by atoms with Gasteiger partial charge in [-0.2, -0.15) is 0 Å². The number of benzene rings is 2. The van der Waals surface area contributed by atoms with E-state index < -0.39 is 10.0 Å². The molecular weight excluding hydrogens is 505 g/mol. The number of ether oxygens (including phenoxy) is 1. The van der Waals surface area contributed by atoms with Gasteiger partial charge in [-0.3, -0.25) is 14.5 Å². The van der Waals surface area contributed by atoms with Crippen molar-refractivity contribution < 1.29 is 22.3 Å². The third-order valence-corrected chi connectivity index (χ3v) is 7.07. The monoisotopic (exact) mass is 533 g/mol. The Balaban J connectivity index is 1.31. The summed E-state index contributed by atoms with van der Waals surface area (Å²) in [5, 5.41) is 0. The zero-order valence-corrected chi connectivity index (χ0v) is 22.2. The average Bonchev–Trinajstić information content (AvgIpc) is 3.15. The minimum Gasteiger partial charge on any atom is -0.457 e. The summed E-state index contributed by atoms with van der Waals surface area (Å²) in [5.41, 5.74) is 5.31. The average molecular weight is 534 g/mol. The summed E-state index contributed by atoms with van der Waals surface area (Å²) in [5.74, 6) is 0.914. The van der Waals surface area contributed by atoms with Gasteiger partial charge in [-0.15, -0.1) is 0 Å². The van der Waals surface area contributed by atoms with Crippen LogP contribution in [0.3, 0.4) is 0 Å². The van der Waals surface area contributed by atoms with Gasteiger partial charge in [0, 0.05) is 18.8 Å². The van der Waals surface area contributed by atoms with Crippen molar-refractivity contribution in [2.45, 2.75) is 33.4 Å². The maximum Gasteiger partial charge on any atom is 0.256 e. The molecule has 1 aromatic heterocycles. The second-order valence-electron chi connectivity index (χ2n) is 9.84. The molecule has 2 heterocycles. The molecule has 2 aromatic carbocycles. The van der Waals surface area contributed by atoms with E-state index in [1.165, 1.54) is 12.1 Å². The summed E-state index contributed by atoms with van der Waals surface area (Å²) in [6.45, 7) is 4.75. The summed E-state index contributed by atoms with van der Waals surface area (Å²) >= 11 is 0. The molecule has 1 aliphatic heterocycles. The molecule has 0 radical (unpaired) electrons. The smallest absolute Gasteiger partial charge is 0.256 e. The molecule has 2 aliphatic rings. The summed E-state index contributed by atoms with van der Waals surface area (Å²) < 4.78 is 44.9. The molecule has 9 heteroatoms. The number of nitrogens with zero attached hydrogens (tertiary/aromatic N) is 2. The molecule has 1 amide bonds. The number of carbonyl (C=O) groups excluding carboxylic acids is 1. The van der Waals surface area contributed by atoms with Crippen molar-refractivity contribution in [3.63, 3.8) is 0 Å². The van der Waals surface area contributed by atoms with Crippen LogP contribution < -0.4 is 9.46 Å². The predicted octanol–water partition coefficient (Wildman–Crippen LogP) is 5.33. The molecule has 1 N–H and O–H groups in total. The molecule has 0 fully saturated rings. The van der Waals surface area contributed by atoms with Crippen molar-refractivity contribution >= 4 is 21.5 Å². The van der Waals surface area contributed by atoms with Crippen molar-refractivity contribution in [3.05, 3.63) is 106 Å². The molecule has 1 unspecified atom stereocenters. The van der Waals surface area contributed by atoms with E-state index in [9.17, 15) is 17.6 Å². The van der Waals surface area contributed by atoms with Gasteiger partial charge in [-0.25, -0.2) is 12.8 Å². The van der Waals surface area contributed by atoms with Crippen LogP contribution in [-0.4, -0.2) is 30.5 Å². The number of pyridine rings is 1. The van der Waals surface area contributed by atoms with Crippen LogP contribution in [0.2, 0.25) is 0 Å². The number of amides is 1. The quantitative estimate of drug-likeness (QED) is 0.443. The standard InChI is InChI=1S/C29H28FN3O4S/c1-18-12-21(14-24(13-18)32-38(3,35)36)27-15-22-17-33(29(34)28(22)19(2)31-27)16-20-4-8-25(9-5-20)37-26-10-6-23(30)7-11-26/h4-12,14-15,18,32H,13,16-17H2,1-3H3. The number of nitrogens with one attached hydrogen (secondary N) is 1.